The molecule has 0 aromatic heterocycles. The van der Waals surface area contributed by atoms with Crippen LogP contribution in [-0.2, 0) is 9.53 Å². The lowest BCUT2D eigenvalue weighted by molar-refractivity contribution is -0.114. The maximum Gasteiger partial charge on any atom is 0.243 e. The van der Waals surface area contributed by atoms with Crippen molar-refractivity contribution in [3.63, 3.8) is 0 Å². The fourth-order valence-corrected chi connectivity index (χ4v) is 2.28. The predicted molar refractivity (Wildman–Crippen MR) is 103 cm³/mol. The quantitative estimate of drug-likeness (QED) is 0.601. The summed E-state index contributed by atoms with van der Waals surface area (Å²) in [6, 6.07) is 14.8. The van der Waals surface area contributed by atoms with E-state index in [-0.39, 0.29) is 12.5 Å². The number of hydrogen-bond acceptors (Lipinski definition) is 5. The molecule has 0 saturated heterocycles. The summed E-state index contributed by atoms with van der Waals surface area (Å²) in [4.78, 5) is 12.1. The third-order valence-electron chi connectivity index (χ3n) is 3.42. The summed E-state index contributed by atoms with van der Waals surface area (Å²) in [6.07, 6.45) is 0. The van der Waals surface area contributed by atoms with Crippen LogP contribution in [0.4, 0.5) is 11.4 Å². The normalized spacial score (nSPS) is 10.2. The summed E-state index contributed by atoms with van der Waals surface area (Å²) in [7, 11) is 0. The van der Waals surface area contributed by atoms with Gasteiger partial charge in [0, 0.05) is 30.1 Å². The molecule has 0 unspecified atom stereocenters. The SMILES string of the molecule is CCOCCOc1cccc(NCC(=O)Nc2cccc(OCC)c2)c1. The van der Waals surface area contributed by atoms with E-state index in [1.807, 2.05) is 56.3 Å². The number of amides is 1. The Kier molecular flexibility index (Phi) is 8.29. The van der Waals surface area contributed by atoms with Crippen LogP contribution < -0.4 is 20.1 Å². The molecule has 0 aliphatic heterocycles. The second-order valence-electron chi connectivity index (χ2n) is 5.44. The van der Waals surface area contributed by atoms with Crippen molar-refractivity contribution in [1.29, 1.82) is 0 Å². The van der Waals surface area contributed by atoms with Gasteiger partial charge in [0.1, 0.15) is 18.1 Å². The Morgan fingerprint density at radius 3 is 2.31 bits per heavy atom. The minimum atomic E-state index is -0.138. The molecule has 1 amide bonds. The van der Waals surface area contributed by atoms with Gasteiger partial charge in [0.15, 0.2) is 0 Å². The standard InChI is InChI=1S/C20H26N2O4/c1-3-24-11-12-26-19-10-5-7-16(13-19)21-15-20(23)22-17-8-6-9-18(14-17)25-4-2/h5-10,13-14,21H,3-4,11-12,15H2,1-2H3,(H,22,23). The van der Waals surface area contributed by atoms with E-state index in [1.54, 1.807) is 6.07 Å². The van der Waals surface area contributed by atoms with Crippen LogP contribution in [0.1, 0.15) is 13.8 Å². The zero-order valence-corrected chi connectivity index (χ0v) is 15.3. The highest BCUT2D eigenvalue weighted by Gasteiger charge is 2.04. The molecule has 6 nitrogen and oxygen atoms in total. The van der Waals surface area contributed by atoms with E-state index in [1.165, 1.54) is 0 Å². The molecule has 0 heterocycles. The van der Waals surface area contributed by atoms with E-state index in [9.17, 15) is 4.79 Å². The van der Waals surface area contributed by atoms with Crippen LogP contribution in [0, 0.1) is 0 Å². The van der Waals surface area contributed by atoms with Crippen molar-refractivity contribution in [2.75, 3.05) is 43.6 Å². The van der Waals surface area contributed by atoms with E-state index in [2.05, 4.69) is 10.6 Å². The minimum Gasteiger partial charge on any atom is -0.494 e. The first-order valence-corrected chi connectivity index (χ1v) is 8.78. The Labute approximate surface area is 154 Å². The zero-order valence-electron chi connectivity index (χ0n) is 15.3. The van der Waals surface area contributed by atoms with Crippen LogP contribution in [0.25, 0.3) is 0 Å². The maximum atomic E-state index is 12.1. The highest BCUT2D eigenvalue weighted by Crippen LogP contribution is 2.18. The van der Waals surface area contributed by atoms with Gasteiger partial charge in [-0.1, -0.05) is 12.1 Å². The predicted octanol–water partition coefficient (Wildman–Crippen LogP) is 3.55. The number of carbonyl (C=O) groups excluding carboxylic acids is 1. The smallest absolute Gasteiger partial charge is 0.243 e. The number of anilines is 2. The Morgan fingerprint density at radius 1 is 0.885 bits per heavy atom. The molecule has 6 heteroatoms. The molecule has 0 saturated carbocycles. The highest BCUT2D eigenvalue weighted by atomic mass is 16.5. The number of carbonyl (C=O) groups is 1. The molecule has 26 heavy (non-hydrogen) atoms. The molecular formula is C20H26N2O4. The molecule has 0 fully saturated rings. The van der Waals surface area contributed by atoms with Crippen LogP contribution in [0.15, 0.2) is 48.5 Å². The van der Waals surface area contributed by atoms with Gasteiger partial charge in [0.25, 0.3) is 0 Å². The maximum absolute atomic E-state index is 12.1. The third kappa shape index (κ3) is 7.03. The van der Waals surface area contributed by atoms with Crippen molar-refractivity contribution in [1.82, 2.24) is 0 Å². The molecule has 2 N–H and O–H groups in total. The summed E-state index contributed by atoms with van der Waals surface area (Å²) in [5.74, 6) is 1.33. The van der Waals surface area contributed by atoms with Crippen molar-refractivity contribution in [2.45, 2.75) is 13.8 Å². The van der Waals surface area contributed by atoms with E-state index in [0.717, 1.165) is 17.2 Å². The summed E-state index contributed by atoms with van der Waals surface area (Å²) < 4.78 is 16.3. The average molecular weight is 358 g/mol. The topological polar surface area (TPSA) is 68.8 Å². The average Bonchev–Trinajstić information content (AvgIpc) is 2.65. The first-order chi connectivity index (χ1) is 12.7. The molecule has 2 aromatic carbocycles. The monoisotopic (exact) mass is 358 g/mol. The molecule has 2 rings (SSSR count). The lowest BCUT2D eigenvalue weighted by Gasteiger charge is -2.11. The van der Waals surface area contributed by atoms with Crippen molar-refractivity contribution in [3.8, 4) is 11.5 Å². The van der Waals surface area contributed by atoms with Crippen molar-refractivity contribution >= 4 is 17.3 Å². The lowest BCUT2D eigenvalue weighted by Crippen LogP contribution is -2.21. The van der Waals surface area contributed by atoms with Gasteiger partial charge in [0.05, 0.1) is 19.8 Å². The third-order valence-corrected chi connectivity index (χ3v) is 3.42. The van der Waals surface area contributed by atoms with Crippen LogP contribution in [0.5, 0.6) is 11.5 Å². The second kappa shape index (κ2) is 11.0. The van der Waals surface area contributed by atoms with Crippen LogP contribution >= 0.6 is 0 Å². The Morgan fingerprint density at radius 2 is 1.58 bits per heavy atom. The molecule has 2 aromatic rings. The molecule has 0 radical (unpaired) electrons. The van der Waals surface area contributed by atoms with Crippen molar-refractivity contribution in [2.24, 2.45) is 0 Å². The van der Waals surface area contributed by atoms with Gasteiger partial charge >= 0.3 is 0 Å². The first kappa shape index (κ1) is 19.6. The van der Waals surface area contributed by atoms with Crippen LogP contribution in [0.3, 0.4) is 0 Å². The van der Waals surface area contributed by atoms with E-state index in [4.69, 9.17) is 14.2 Å². The van der Waals surface area contributed by atoms with Gasteiger partial charge in [-0.3, -0.25) is 4.79 Å². The molecule has 0 aliphatic carbocycles. The van der Waals surface area contributed by atoms with Gasteiger partial charge in [-0.15, -0.1) is 0 Å². The Balaban J connectivity index is 1.80. The fraction of sp³-hybridized carbons (Fsp3) is 0.350. The van der Waals surface area contributed by atoms with Crippen LogP contribution in [-0.4, -0.2) is 38.9 Å². The van der Waals surface area contributed by atoms with E-state index >= 15 is 0 Å². The van der Waals surface area contributed by atoms with Crippen molar-refractivity contribution in [3.05, 3.63) is 48.5 Å². The molecular weight excluding hydrogens is 332 g/mol. The highest BCUT2D eigenvalue weighted by molar-refractivity contribution is 5.93. The Hall–Kier alpha value is -2.73. The number of ether oxygens (including phenoxy) is 3. The molecule has 0 spiro atoms. The Bertz CT molecular complexity index is 691. The minimum absolute atomic E-state index is 0.138. The molecule has 0 aliphatic rings. The zero-order chi connectivity index (χ0) is 18.6. The number of nitrogens with one attached hydrogen (secondary N) is 2. The van der Waals surface area contributed by atoms with Gasteiger partial charge in [-0.05, 0) is 38.1 Å². The van der Waals surface area contributed by atoms with E-state index < -0.39 is 0 Å². The van der Waals surface area contributed by atoms with Gasteiger partial charge in [-0.2, -0.15) is 0 Å². The molecule has 0 bridgehead atoms. The lowest BCUT2D eigenvalue weighted by atomic mass is 10.3. The summed E-state index contributed by atoms with van der Waals surface area (Å²) >= 11 is 0. The largest absolute Gasteiger partial charge is 0.494 e. The number of rotatable bonds is 11. The summed E-state index contributed by atoms with van der Waals surface area (Å²) in [6.45, 7) is 6.33. The second-order valence-corrected chi connectivity index (χ2v) is 5.44. The van der Waals surface area contributed by atoms with Gasteiger partial charge < -0.3 is 24.8 Å². The number of hydrogen-bond donors (Lipinski definition) is 2. The fourth-order valence-electron chi connectivity index (χ4n) is 2.28. The van der Waals surface area contributed by atoms with E-state index in [0.29, 0.717) is 32.1 Å². The van der Waals surface area contributed by atoms with Crippen LogP contribution in [0.2, 0.25) is 0 Å². The number of benzene rings is 2. The first-order valence-electron chi connectivity index (χ1n) is 8.78. The van der Waals surface area contributed by atoms with Gasteiger partial charge in [0.2, 0.25) is 5.91 Å². The summed E-state index contributed by atoms with van der Waals surface area (Å²) in [5, 5.41) is 5.94. The van der Waals surface area contributed by atoms with Crippen molar-refractivity contribution < 1.29 is 19.0 Å². The molecule has 140 valence electrons. The summed E-state index contributed by atoms with van der Waals surface area (Å²) in [5.41, 5.74) is 1.52. The molecule has 0 atom stereocenters. The van der Waals surface area contributed by atoms with Gasteiger partial charge in [-0.25, -0.2) is 0 Å².